The van der Waals surface area contributed by atoms with Crippen LogP contribution in [0.4, 0.5) is 0 Å². The average Bonchev–Trinajstić information content (AvgIpc) is 3.02. The van der Waals surface area contributed by atoms with E-state index in [1.807, 2.05) is 6.92 Å². The predicted molar refractivity (Wildman–Crippen MR) is 186 cm³/mol. The van der Waals surface area contributed by atoms with Gasteiger partial charge in [0, 0.05) is 45.6 Å². The Morgan fingerprint density at radius 2 is 1.27 bits per heavy atom. The zero-order valence-corrected chi connectivity index (χ0v) is 31.1. The number of ether oxygens (including phenoxy) is 5. The Balaban J connectivity index is 3.17. The van der Waals surface area contributed by atoms with Gasteiger partial charge in [0.1, 0.15) is 5.75 Å². The number of rotatable bonds is 27. The first-order valence-electron chi connectivity index (χ1n) is 16.2. The summed E-state index contributed by atoms with van der Waals surface area (Å²) in [5.74, 6) is -0.781. The number of carbonyl (C=O) groups excluding carboxylic acids is 3. The first-order valence-corrected chi connectivity index (χ1v) is 18.8. The van der Waals surface area contributed by atoms with E-state index >= 15 is 0 Å². The maximum Gasteiger partial charge on any atom is 0.237 e. The van der Waals surface area contributed by atoms with Crippen LogP contribution in [0, 0.1) is 0 Å². The van der Waals surface area contributed by atoms with Crippen molar-refractivity contribution in [3.8, 4) is 5.75 Å². The molecule has 0 aliphatic rings. The van der Waals surface area contributed by atoms with Gasteiger partial charge in [-0.3, -0.25) is 19.3 Å². The van der Waals surface area contributed by atoms with Crippen molar-refractivity contribution in [1.82, 2.24) is 20.9 Å². The highest BCUT2D eigenvalue weighted by Gasteiger charge is 2.30. The first-order chi connectivity index (χ1) is 22.8. The molecule has 0 bridgehead atoms. The summed E-state index contributed by atoms with van der Waals surface area (Å²) in [5.41, 5.74) is 0.726. The molecule has 0 saturated carbocycles. The molecule has 1 rings (SSSR count). The molecular formula is C32H56N4O10PS-. The lowest BCUT2D eigenvalue weighted by molar-refractivity contribution is -0.180. The third kappa shape index (κ3) is 19.1. The van der Waals surface area contributed by atoms with Crippen LogP contribution in [0.15, 0.2) is 24.3 Å². The van der Waals surface area contributed by atoms with Crippen LogP contribution < -0.4 is 25.4 Å². The lowest BCUT2D eigenvalue weighted by Crippen LogP contribution is -2.54. The van der Waals surface area contributed by atoms with Gasteiger partial charge in [-0.15, -0.1) is 0 Å². The van der Waals surface area contributed by atoms with E-state index in [0.29, 0.717) is 45.4 Å². The van der Waals surface area contributed by atoms with Gasteiger partial charge in [0.25, 0.3) is 0 Å². The molecule has 16 heteroatoms. The number of amides is 3. The number of benzene rings is 1. The van der Waals surface area contributed by atoms with E-state index < -0.39 is 17.7 Å². The molecule has 0 saturated heterocycles. The Kier molecular flexibility index (Phi) is 22.7. The van der Waals surface area contributed by atoms with Crippen molar-refractivity contribution in [2.45, 2.75) is 51.7 Å². The second-order valence-corrected chi connectivity index (χ2v) is 15.8. The normalized spacial score (nSPS) is 13.5. The van der Waals surface area contributed by atoms with Crippen LogP contribution in [-0.2, 0) is 56.3 Å². The van der Waals surface area contributed by atoms with Gasteiger partial charge in [0.2, 0.25) is 17.7 Å². The summed E-state index contributed by atoms with van der Waals surface area (Å²) in [4.78, 5) is 54.2. The van der Waals surface area contributed by atoms with E-state index in [4.69, 9.17) is 40.0 Å². The van der Waals surface area contributed by atoms with Crippen molar-refractivity contribution >= 4 is 36.0 Å². The van der Waals surface area contributed by atoms with Crippen molar-refractivity contribution in [1.29, 1.82) is 0 Å². The third-order valence-corrected chi connectivity index (χ3v) is 10.7. The molecule has 48 heavy (non-hydrogen) atoms. The van der Waals surface area contributed by atoms with Gasteiger partial charge in [-0.1, -0.05) is 51.6 Å². The van der Waals surface area contributed by atoms with Crippen molar-refractivity contribution in [3.05, 3.63) is 29.8 Å². The molecule has 0 fully saturated rings. The molecule has 1 aromatic carbocycles. The van der Waals surface area contributed by atoms with E-state index in [1.165, 1.54) is 4.90 Å². The van der Waals surface area contributed by atoms with Gasteiger partial charge >= 0.3 is 0 Å². The molecule has 0 heterocycles. The minimum atomic E-state index is -3.38. The Morgan fingerprint density at radius 1 is 0.792 bits per heavy atom. The van der Waals surface area contributed by atoms with Gasteiger partial charge in [-0.2, -0.15) is 0 Å². The van der Waals surface area contributed by atoms with Gasteiger partial charge in [0.05, 0.1) is 71.9 Å². The van der Waals surface area contributed by atoms with Gasteiger partial charge in [-0.05, 0) is 30.5 Å². The fourth-order valence-corrected chi connectivity index (χ4v) is 4.89. The van der Waals surface area contributed by atoms with E-state index in [-0.39, 0.29) is 70.1 Å². The summed E-state index contributed by atoms with van der Waals surface area (Å²) >= 11 is 5.26. The molecule has 1 aromatic rings. The van der Waals surface area contributed by atoms with Crippen LogP contribution in [0.25, 0.3) is 0 Å². The number of hydrogen-bond donors (Lipinski definition) is 3. The molecule has 3 N–H and O–H groups in total. The molecule has 2 atom stereocenters. The topological polar surface area (TPSA) is 169 Å². The van der Waals surface area contributed by atoms with Crippen LogP contribution in [0.5, 0.6) is 5.75 Å². The van der Waals surface area contributed by atoms with E-state index in [9.17, 15) is 19.3 Å². The minimum absolute atomic E-state index is 0.160. The molecule has 0 aromatic heterocycles. The molecule has 14 nitrogen and oxygen atoms in total. The van der Waals surface area contributed by atoms with Crippen molar-refractivity contribution in [2.24, 2.45) is 0 Å². The molecule has 0 spiro atoms. The lowest BCUT2D eigenvalue weighted by Gasteiger charge is -2.40. The zero-order chi connectivity index (χ0) is 35.8. The molecule has 2 unspecified atom stereocenters. The fraction of sp³-hybridized carbons (Fsp3) is 0.719. The highest BCUT2D eigenvalue weighted by atomic mass is 32.5. The Bertz CT molecular complexity index is 1080. The number of methoxy groups -OCH3 is 2. The van der Waals surface area contributed by atoms with E-state index in [2.05, 4.69) is 16.0 Å². The molecule has 0 aliphatic heterocycles. The average molecular weight is 720 g/mol. The number of hydrogen-bond acceptors (Lipinski definition) is 12. The summed E-state index contributed by atoms with van der Waals surface area (Å²) in [6, 6.07) is 5.86. The first kappa shape index (κ1) is 43.8. The van der Waals surface area contributed by atoms with Crippen LogP contribution in [-0.4, -0.2) is 134 Å². The Labute approximate surface area is 291 Å². The summed E-state index contributed by atoms with van der Waals surface area (Å²) in [5, 5.41) is 7.73. The second kappa shape index (κ2) is 24.9. The van der Waals surface area contributed by atoms with Crippen molar-refractivity contribution < 1.29 is 47.5 Å². The zero-order valence-electron chi connectivity index (χ0n) is 29.4. The third-order valence-electron chi connectivity index (χ3n) is 6.73. The van der Waals surface area contributed by atoms with Crippen LogP contribution in [0.1, 0.15) is 39.7 Å². The number of carbonyl (C=O) groups is 3. The quantitative estimate of drug-likeness (QED) is 0.0868. The number of nitrogens with one attached hydrogen (secondary N) is 3. The van der Waals surface area contributed by atoms with Crippen molar-refractivity contribution in [3.63, 3.8) is 0 Å². The summed E-state index contributed by atoms with van der Waals surface area (Å²) in [6.45, 7) is 7.28. The molecular weight excluding hydrogens is 663 g/mol. The van der Waals surface area contributed by atoms with Gasteiger partial charge in [0.15, 0.2) is 0 Å². The Morgan fingerprint density at radius 3 is 1.73 bits per heavy atom. The molecule has 3 amide bonds. The SMILES string of the molecule is CCCOCCNC(=O)C(Cc1ccc(OP([O-])(=S)C(C)(C)C)cc1)N(CC(=O)NCCOCCOC)CC(=O)NCCOCCOC. The lowest BCUT2D eigenvalue weighted by atomic mass is 10.0. The maximum atomic E-state index is 13.7. The highest BCUT2D eigenvalue weighted by molar-refractivity contribution is 8.09. The summed E-state index contributed by atoms with van der Waals surface area (Å²) < 4.78 is 31.9. The van der Waals surface area contributed by atoms with E-state index in [1.54, 1.807) is 59.3 Å². The standard InChI is InChI=1S/C32H57N4O10PS/c1-7-15-43-18-14-35-31(39)28(23-26-8-10-27(11-9-26)46-47(40,48)32(2,3)4)36(24-29(37)33-12-16-44-21-19-41-5)25-30(38)34-13-17-45-22-20-42-6/h8-11,28H,7,12-25H2,1-6H3,(H,33,37)(H,34,38)(H,35,39)(H,40,48)/p-1. The monoisotopic (exact) mass is 719 g/mol. The molecule has 0 aliphatic carbocycles. The fourth-order valence-electron chi connectivity index (χ4n) is 3.95. The van der Waals surface area contributed by atoms with Crippen LogP contribution >= 0.6 is 6.49 Å². The second-order valence-electron chi connectivity index (χ2n) is 11.8. The number of nitrogens with zero attached hydrogens (tertiary/aromatic N) is 1. The largest absolute Gasteiger partial charge is 0.791 e. The Hall–Kier alpha value is -2.20. The van der Waals surface area contributed by atoms with Crippen LogP contribution in [0.3, 0.4) is 0 Å². The minimum Gasteiger partial charge on any atom is -0.791 e. The van der Waals surface area contributed by atoms with Gasteiger partial charge in [-0.25, -0.2) is 0 Å². The molecule has 276 valence electrons. The summed E-state index contributed by atoms with van der Waals surface area (Å²) in [6.07, 6.45) is 1.01. The van der Waals surface area contributed by atoms with Crippen LogP contribution in [0.2, 0.25) is 0 Å². The predicted octanol–water partition coefficient (Wildman–Crippen LogP) is 0.848. The van der Waals surface area contributed by atoms with Gasteiger partial charge < -0.3 is 49.1 Å². The summed E-state index contributed by atoms with van der Waals surface area (Å²) in [7, 11) is 3.15. The van der Waals surface area contributed by atoms with Crippen molar-refractivity contribution in [2.75, 3.05) is 99.8 Å². The highest BCUT2D eigenvalue weighted by Crippen LogP contribution is 2.51. The maximum absolute atomic E-state index is 13.7. The smallest absolute Gasteiger partial charge is 0.237 e. The van der Waals surface area contributed by atoms with E-state index in [0.717, 1.165) is 12.0 Å². The molecule has 0 radical (unpaired) electrons.